The Morgan fingerprint density at radius 1 is 1.39 bits per heavy atom. The Morgan fingerprint density at radius 2 is 2.22 bits per heavy atom. The van der Waals surface area contributed by atoms with E-state index in [1.165, 1.54) is 12.2 Å². The van der Waals surface area contributed by atoms with E-state index in [2.05, 4.69) is 5.32 Å². The first-order valence-corrected chi connectivity index (χ1v) is 7.98. The zero-order valence-electron chi connectivity index (χ0n) is 12.4. The van der Waals surface area contributed by atoms with E-state index in [4.69, 9.17) is 32.7 Å². The van der Waals surface area contributed by atoms with E-state index >= 15 is 0 Å². The second-order valence-corrected chi connectivity index (χ2v) is 5.89. The van der Waals surface area contributed by atoms with Crippen LogP contribution in [0.25, 0.3) is 6.08 Å². The minimum absolute atomic E-state index is 0.0570. The van der Waals surface area contributed by atoms with Crippen molar-refractivity contribution < 1.29 is 19.1 Å². The summed E-state index contributed by atoms with van der Waals surface area (Å²) in [6.45, 7) is 0.838. The number of ether oxygens (including phenoxy) is 2. The van der Waals surface area contributed by atoms with E-state index in [0.29, 0.717) is 22.2 Å². The molecule has 1 aromatic rings. The molecule has 0 spiro atoms. The molecule has 0 aliphatic carbocycles. The Labute approximate surface area is 144 Å². The van der Waals surface area contributed by atoms with E-state index in [9.17, 15) is 9.59 Å². The van der Waals surface area contributed by atoms with Crippen LogP contribution < -0.4 is 5.32 Å². The highest BCUT2D eigenvalue weighted by molar-refractivity contribution is 6.35. The molecule has 0 saturated carbocycles. The molecule has 1 atom stereocenters. The van der Waals surface area contributed by atoms with E-state index in [1.54, 1.807) is 18.2 Å². The predicted octanol–water partition coefficient (Wildman–Crippen LogP) is 2.85. The van der Waals surface area contributed by atoms with Gasteiger partial charge in [-0.15, -0.1) is 0 Å². The third kappa shape index (κ3) is 6.22. The Morgan fingerprint density at radius 3 is 2.91 bits per heavy atom. The Bertz CT molecular complexity index is 598. The average Bonchev–Trinajstić information content (AvgIpc) is 3.03. The molecule has 5 nitrogen and oxygen atoms in total. The van der Waals surface area contributed by atoms with Crippen molar-refractivity contribution in [2.75, 3.05) is 19.8 Å². The van der Waals surface area contributed by atoms with Crippen LogP contribution in [0, 0.1) is 0 Å². The van der Waals surface area contributed by atoms with Crippen molar-refractivity contribution in [2.45, 2.75) is 18.9 Å². The summed E-state index contributed by atoms with van der Waals surface area (Å²) >= 11 is 11.8. The molecule has 0 radical (unpaired) electrons. The predicted molar refractivity (Wildman–Crippen MR) is 88.4 cm³/mol. The monoisotopic (exact) mass is 357 g/mol. The summed E-state index contributed by atoms with van der Waals surface area (Å²) in [5.41, 5.74) is 0.635. The van der Waals surface area contributed by atoms with Gasteiger partial charge in [-0.3, -0.25) is 4.79 Å². The van der Waals surface area contributed by atoms with Gasteiger partial charge < -0.3 is 14.8 Å². The van der Waals surface area contributed by atoms with Gasteiger partial charge in [0.15, 0.2) is 6.61 Å². The molecule has 1 aromatic carbocycles. The number of esters is 1. The van der Waals surface area contributed by atoms with Gasteiger partial charge in [0.1, 0.15) is 0 Å². The smallest absolute Gasteiger partial charge is 0.331 e. The van der Waals surface area contributed by atoms with Crippen LogP contribution in [-0.4, -0.2) is 37.7 Å². The zero-order valence-corrected chi connectivity index (χ0v) is 13.9. The lowest BCUT2D eigenvalue weighted by molar-refractivity contribution is -0.143. The number of carbonyl (C=O) groups excluding carboxylic acids is 2. The van der Waals surface area contributed by atoms with Gasteiger partial charge in [-0.05, 0) is 36.6 Å². The molecule has 23 heavy (non-hydrogen) atoms. The summed E-state index contributed by atoms with van der Waals surface area (Å²) in [5.74, 6) is -0.977. The second-order valence-electron chi connectivity index (χ2n) is 5.05. The SMILES string of the molecule is O=C(COC(=O)/C=C/c1ccc(Cl)cc1Cl)NC[C@H]1CCCO1. The molecule has 2 rings (SSSR count). The lowest BCUT2D eigenvalue weighted by atomic mass is 10.2. The number of benzene rings is 1. The van der Waals surface area contributed by atoms with E-state index in [-0.39, 0.29) is 18.6 Å². The molecule has 1 heterocycles. The minimum atomic E-state index is -0.622. The fourth-order valence-corrected chi connectivity index (χ4v) is 2.53. The number of halogens is 2. The number of carbonyl (C=O) groups is 2. The van der Waals surface area contributed by atoms with Crippen LogP contribution in [0.15, 0.2) is 24.3 Å². The molecule has 1 fully saturated rings. The molecule has 124 valence electrons. The minimum Gasteiger partial charge on any atom is -0.452 e. The van der Waals surface area contributed by atoms with Crippen molar-refractivity contribution in [2.24, 2.45) is 0 Å². The summed E-state index contributed by atoms with van der Waals surface area (Å²) in [4.78, 5) is 23.1. The molecule has 0 unspecified atom stereocenters. The highest BCUT2D eigenvalue weighted by Gasteiger charge is 2.16. The summed E-state index contributed by atoms with van der Waals surface area (Å²) in [7, 11) is 0. The van der Waals surface area contributed by atoms with E-state index in [0.717, 1.165) is 19.4 Å². The molecular weight excluding hydrogens is 341 g/mol. The second kappa shape index (κ2) is 8.91. The fraction of sp³-hybridized carbons (Fsp3) is 0.375. The maximum Gasteiger partial charge on any atom is 0.331 e. The first kappa shape index (κ1) is 17.8. The van der Waals surface area contributed by atoms with Gasteiger partial charge in [0.05, 0.1) is 6.10 Å². The zero-order chi connectivity index (χ0) is 16.7. The standard InChI is InChI=1S/C16H17Cl2NO4/c17-12-5-3-11(14(18)8-12)4-6-16(21)23-10-15(20)19-9-13-2-1-7-22-13/h3-6,8,13H,1-2,7,9-10H2,(H,19,20)/b6-4+/t13-/m1/s1. The van der Waals surface area contributed by atoms with Crippen molar-refractivity contribution in [1.29, 1.82) is 0 Å². The van der Waals surface area contributed by atoms with Crippen LogP contribution in [0.3, 0.4) is 0 Å². The molecular formula is C16H17Cl2NO4. The number of rotatable bonds is 6. The van der Waals surface area contributed by atoms with Crippen molar-refractivity contribution in [3.8, 4) is 0 Å². The van der Waals surface area contributed by atoms with Gasteiger partial charge in [-0.1, -0.05) is 29.3 Å². The van der Waals surface area contributed by atoms with Crippen LogP contribution in [-0.2, 0) is 19.1 Å². The molecule has 1 aliphatic heterocycles. The van der Waals surface area contributed by atoms with Crippen molar-refractivity contribution in [1.82, 2.24) is 5.32 Å². The van der Waals surface area contributed by atoms with E-state index < -0.39 is 5.97 Å². The summed E-state index contributed by atoms with van der Waals surface area (Å²) in [5, 5.41) is 3.61. The fourth-order valence-electron chi connectivity index (χ4n) is 2.06. The van der Waals surface area contributed by atoms with Crippen molar-refractivity contribution in [3.63, 3.8) is 0 Å². The lowest BCUT2D eigenvalue weighted by Gasteiger charge is -2.10. The van der Waals surface area contributed by atoms with Crippen molar-refractivity contribution in [3.05, 3.63) is 39.9 Å². The van der Waals surface area contributed by atoms with Gasteiger partial charge in [-0.25, -0.2) is 4.79 Å². The Hall–Kier alpha value is -1.56. The highest BCUT2D eigenvalue weighted by Crippen LogP contribution is 2.21. The van der Waals surface area contributed by atoms with E-state index in [1.807, 2.05) is 0 Å². The third-order valence-corrected chi connectivity index (χ3v) is 3.82. The normalized spacial score (nSPS) is 17.4. The van der Waals surface area contributed by atoms with Crippen molar-refractivity contribution >= 4 is 41.2 Å². The first-order valence-electron chi connectivity index (χ1n) is 7.23. The van der Waals surface area contributed by atoms with Gasteiger partial charge >= 0.3 is 5.97 Å². The third-order valence-electron chi connectivity index (χ3n) is 3.26. The molecule has 1 amide bonds. The Balaban J connectivity index is 1.71. The van der Waals surface area contributed by atoms with Crippen LogP contribution in [0.4, 0.5) is 0 Å². The topological polar surface area (TPSA) is 64.6 Å². The summed E-state index contributed by atoms with van der Waals surface area (Å²) < 4.78 is 10.2. The molecule has 0 aromatic heterocycles. The number of amides is 1. The van der Waals surface area contributed by atoms with Crippen LogP contribution >= 0.6 is 23.2 Å². The van der Waals surface area contributed by atoms with Crippen LogP contribution in [0.1, 0.15) is 18.4 Å². The average molecular weight is 358 g/mol. The highest BCUT2D eigenvalue weighted by atomic mass is 35.5. The van der Waals surface area contributed by atoms with Crippen LogP contribution in [0.5, 0.6) is 0 Å². The molecule has 0 bridgehead atoms. The van der Waals surface area contributed by atoms with Gasteiger partial charge in [0, 0.05) is 29.3 Å². The number of hydrogen-bond acceptors (Lipinski definition) is 4. The largest absolute Gasteiger partial charge is 0.452 e. The maximum atomic E-state index is 11.6. The van der Waals surface area contributed by atoms with Gasteiger partial charge in [0.25, 0.3) is 5.91 Å². The Kier molecular flexibility index (Phi) is 6.89. The van der Waals surface area contributed by atoms with Crippen LogP contribution in [0.2, 0.25) is 10.0 Å². The first-order chi connectivity index (χ1) is 11.0. The number of nitrogens with one attached hydrogen (secondary N) is 1. The lowest BCUT2D eigenvalue weighted by Crippen LogP contribution is -2.34. The molecule has 1 aliphatic rings. The quantitative estimate of drug-likeness (QED) is 0.627. The molecule has 1 saturated heterocycles. The maximum absolute atomic E-state index is 11.6. The number of hydrogen-bond donors (Lipinski definition) is 1. The molecule has 1 N–H and O–H groups in total. The van der Waals surface area contributed by atoms with Gasteiger partial charge in [0.2, 0.25) is 0 Å². The summed E-state index contributed by atoms with van der Waals surface area (Å²) in [6, 6.07) is 4.92. The van der Waals surface area contributed by atoms with Gasteiger partial charge in [-0.2, -0.15) is 0 Å². The summed E-state index contributed by atoms with van der Waals surface area (Å²) in [6.07, 6.45) is 4.72. The molecule has 7 heteroatoms.